The number of aliphatic carboxylic acids is 1. The van der Waals surface area contributed by atoms with Gasteiger partial charge in [-0.2, -0.15) is 0 Å². The number of carboxylic acid groups (broad SMARTS) is 1. The molecule has 1 rings (SSSR count). The van der Waals surface area contributed by atoms with Gasteiger partial charge in [-0.15, -0.1) is 0 Å². The zero-order valence-electron chi connectivity index (χ0n) is 17.9. The van der Waals surface area contributed by atoms with Crippen molar-refractivity contribution < 1.29 is 19.6 Å². The minimum Gasteiger partial charge on any atom is -0.481 e. The van der Waals surface area contributed by atoms with Gasteiger partial charge in [-0.3, -0.25) is 4.79 Å². The lowest BCUT2D eigenvalue weighted by molar-refractivity contribution is -0.862. The van der Waals surface area contributed by atoms with Gasteiger partial charge < -0.3 is 20.6 Å². The predicted molar refractivity (Wildman–Crippen MR) is 114 cm³/mol. The largest absolute Gasteiger partial charge is 0.481 e. The summed E-state index contributed by atoms with van der Waals surface area (Å²) in [5, 5.41) is 14.8. The molecular weight excluding hydrogens is 354 g/mol. The van der Waals surface area contributed by atoms with Crippen molar-refractivity contribution in [1.82, 2.24) is 5.32 Å². The lowest BCUT2D eigenvalue weighted by Crippen LogP contribution is -3.08. The topological polar surface area (TPSA) is 82.9 Å². The zero-order chi connectivity index (χ0) is 21.0. The molecule has 0 aliphatic rings. The number of nitrogens with one attached hydrogen (secondary N) is 3. The molecule has 6 heteroatoms. The van der Waals surface area contributed by atoms with Gasteiger partial charge in [0.15, 0.2) is 0 Å². The quantitative estimate of drug-likeness (QED) is 0.389. The molecule has 158 valence electrons. The van der Waals surface area contributed by atoms with E-state index in [2.05, 4.69) is 17.6 Å². The molecule has 0 aromatic heterocycles. The number of urea groups is 1. The summed E-state index contributed by atoms with van der Waals surface area (Å²) in [4.78, 5) is 24.6. The SMILES string of the molecule is CCCCCCCCc1ccc(NC(=O)NC(C)(CC(=O)O)C[NH+](C)C)cc1. The number of likely N-dealkylation sites (N-methyl/N-ethyl adjacent to an activating group) is 1. The molecule has 1 aromatic rings. The molecule has 6 nitrogen and oxygen atoms in total. The van der Waals surface area contributed by atoms with Gasteiger partial charge in [0.25, 0.3) is 0 Å². The van der Waals surface area contributed by atoms with Gasteiger partial charge in [-0.25, -0.2) is 4.79 Å². The highest BCUT2D eigenvalue weighted by Gasteiger charge is 2.32. The molecule has 0 fully saturated rings. The minimum atomic E-state index is -0.928. The molecule has 0 aliphatic carbocycles. The number of anilines is 1. The summed E-state index contributed by atoms with van der Waals surface area (Å²) in [6.07, 6.45) is 8.61. The molecule has 0 saturated heterocycles. The van der Waals surface area contributed by atoms with Crippen molar-refractivity contribution in [3.8, 4) is 0 Å². The maximum Gasteiger partial charge on any atom is 0.319 e. The number of aryl methyl sites for hydroxylation is 1. The van der Waals surface area contributed by atoms with E-state index in [1.165, 1.54) is 44.1 Å². The van der Waals surface area contributed by atoms with Crippen LogP contribution in [0, 0.1) is 0 Å². The van der Waals surface area contributed by atoms with Crippen LogP contribution in [0.5, 0.6) is 0 Å². The van der Waals surface area contributed by atoms with Crippen LogP contribution in [0.15, 0.2) is 24.3 Å². The molecule has 0 radical (unpaired) electrons. The number of carbonyl (C=O) groups excluding carboxylic acids is 1. The van der Waals surface area contributed by atoms with Crippen LogP contribution < -0.4 is 15.5 Å². The number of amides is 2. The zero-order valence-corrected chi connectivity index (χ0v) is 17.9. The van der Waals surface area contributed by atoms with E-state index in [1.54, 1.807) is 6.92 Å². The summed E-state index contributed by atoms with van der Waals surface area (Å²) in [6.45, 7) is 4.51. The fourth-order valence-electron chi connectivity index (χ4n) is 3.57. The molecule has 1 unspecified atom stereocenters. The first kappa shape index (κ1) is 24.0. The van der Waals surface area contributed by atoms with Crippen LogP contribution in [-0.4, -0.2) is 43.3 Å². The second-order valence-electron chi connectivity index (χ2n) is 8.31. The highest BCUT2D eigenvalue weighted by molar-refractivity contribution is 5.90. The Hall–Kier alpha value is -2.08. The molecule has 0 saturated carbocycles. The lowest BCUT2D eigenvalue weighted by atomic mass is 9.97. The summed E-state index contributed by atoms with van der Waals surface area (Å²) < 4.78 is 0. The monoisotopic (exact) mass is 392 g/mol. The van der Waals surface area contributed by atoms with Gasteiger partial charge in [0.05, 0.1) is 26.1 Å². The van der Waals surface area contributed by atoms with Crippen molar-refractivity contribution in [3.63, 3.8) is 0 Å². The van der Waals surface area contributed by atoms with Gasteiger partial charge >= 0.3 is 12.0 Å². The van der Waals surface area contributed by atoms with Gasteiger partial charge in [0.1, 0.15) is 6.54 Å². The first-order valence-corrected chi connectivity index (χ1v) is 10.4. The minimum absolute atomic E-state index is 0.122. The Morgan fingerprint density at radius 1 is 1.04 bits per heavy atom. The van der Waals surface area contributed by atoms with Crippen molar-refractivity contribution in [2.45, 2.75) is 70.8 Å². The van der Waals surface area contributed by atoms with E-state index in [4.69, 9.17) is 5.11 Å². The molecule has 1 aromatic carbocycles. The van der Waals surface area contributed by atoms with E-state index < -0.39 is 11.5 Å². The molecule has 2 amide bonds. The molecule has 1 atom stereocenters. The molecule has 28 heavy (non-hydrogen) atoms. The predicted octanol–water partition coefficient (Wildman–Crippen LogP) is 3.09. The summed E-state index contributed by atoms with van der Waals surface area (Å²) in [5.41, 5.74) is 1.17. The average molecular weight is 393 g/mol. The maximum atomic E-state index is 12.3. The summed E-state index contributed by atoms with van der Waals surface area (Å²) >= 11 is 0. The van der Waals surface area contributed by atoms with Crippen molar-refractivity contribution in [3.05, 3.63) is 29.8 Å². The summed E-state index contributed by atoms with van der Waals surface area (Å²) in [7, 11) is 3.87. The number of hydrogen-bond donors (Lipinski definition) is 4. The lowest BCUT2D eigenvalue weighted by Gasteiger charge is -2.30. The van der Waals surface area contributed by atoms with Crippen LogP contribution in [0.1, 0.15) is 64.4 Å². The molecule has 4 N–H and O–H groups in total. The van der Waals surface area contributed by atoms with Gasteiger partial charge in [0.2, 0.25) is 0 Å². The van der Waals surface area contributed by atoms with Gasteiger partial charge in [0, 0.05) is 5.69 Å². The summed E-state index contributed by atoms with van der Waals surface area (Å²) in [5.74, 6) is -0.928. The Morgan fingerprint density at radius 3 is 2.21 bits per heavy atom. The van der Waals surface area contributed by atoms with Crippen molar-refractivity contribution in [2.75, 3.05) is 26.0 Å². The van der Waals surface area contributed by atoms with E-state index in [0.717, 1.165) is 11.3 Å². The van der Waals surface area contributed by atoms with Gasteiger partial charge in [-0.1, -0.05) is 51.2 Å². The van der Waals surface area contributed by atoms with E-state index in [1.807, 2.05) is 38.4 Å². The Labute approximate surface area is 169 Å². The number of rotatable bonds is 13. The first-order chi connectivity index (χ1) is 13.2. The van der Waals surface area contributed by atoms with E-state index >= 15 is 0 Å². The van der Waals surface area contributed by atoms with Crippen LogP contribution in [0.4, 0.5) is 10.5 Å². The molecular formula is C22H38N3O3+. The highest BCUT2D eigenvalue weighted by Crippen LogP contribution is 2.14. The Balaban J connectivity index is 2.49. The summed E-state index contributed by atoms with van der Waals surface area (Å²) in [6, 6.07) is 7.51. The number of carboxylic acids is 1. The van der Waals surface area contributed by atoms with E-state index in [-0.39, 0.29) is 12.5 Å². The number of unbranched alkanes of at least 4 members (excludes halogenated alkanes) is 5. The third-order valence-corrected chi connectivity index (χ3v) is 4.73. The van der Waals surface area contributed by atoms with Crippen molar-refractivity contribution >= 4 is 17.7 Å². The first-order valence-electron chi connectivity index (χ1n) is 10.4. The molecule has 0 aliphatic heterocycles. The Kier molecular flexibility index (Phi) is 10.6. The molecule has 0 bridgehead atoms. The van der Waals surface area contributed by atoms with Crippen LogP contribution in [0.3, 0.4) is 0 Å². The second-order valence-corrected chi connectivity index (χ2v) is 8.31. The van der Waals surface area contributed by atoms with E-state index in [9.17, 15) is 9.59 Å². The van der Waals surface area contributed by atoms with Crippen LogP contribution in [0.25, 0.3) is 0 Å². The van der Waals surface area contributed by atoms with Crippen LogP contribution in [0.2, 0.25) is 0 Å². The van der Waals surface area contributed by atoms with Crippen molar-refractivity contribution in [1.29, 1.82) is 0 Å². The molecule has 0 spiro atoms. The van der Waals surface area contributed by atoms with E-state index in [0.29, 0.717) is 12.2 Å². The maximum absolute atomic E-state index is 12.3. The van der Waals surface area contributed by atoms with Crippen LogP contribution in [-0.2, 0) is 11.2 Å². The number of benzene rings is 1. The van der Waals surface area contributed by atoms with Crippen LogP contribution >= 0.6 is 0 Å². The third-order valence-electron chi connectivity index (χ3n) is 4.73. The number of quaternary nitrogens is 1. The molecule has 0 heterocycles. The normalized spacial score (nSPS) is 13.2. The second kappa shape index (κ2) is 12.4. The highest BCUT2D eigenvalue weighted by atomic mass is 16.4. The smallest absolute Gasteiger partial charge is 0.319 e. The fourth-order valence-corrected chi connectivity index (χ4v) is 3.57. The number of hydrogen-bond acceptors (Lipinski definition) is 2. The number of carbonyl (C=O) groups is 2. The fraction of sp³-hybridized carbons (Fsp3) is 0.636. The van der Waals surface area contributed by atoms with Crippen molar-refractivity contribution in [2.24, 2.45) is 0 Å². The van der Waals surface area contributed by atoms with Gasteiger partial charge in [-0.05, 0) is 37.5 Å². The third kappa shape index (κ3) is 10.3. The Morgan fingerprint density at radius 2 is 1.64 bits per heavy atom. The average Bonchev–Trinajstić information content (AvgIpc) is 2.57. The Bertz CT molecular complexity index is 602. The standard InChI is InChI=1S/C22H37N3O3/c1-5-6-7-8-9-10-11-18-12-14-19(15-13-18)23-21(28)24-22(2,16-20(26)27)17-25(3)4/h12-15H,5-11,16-17H2,1-4H3,(H,26,27)(H2,23,24,28)/p+1.